The van der Waals surface area contributed by atoms with Gasteiger partial charge in [-0.15, -0.1) is 0 Å². The SMILES string of the molecule is Fc1ccc(CCNc2ncc(Br)cn2)nc1. The Bertz CT molecular complexity index is 426. The Morgan fingerprint density at radius 1 is 1.12 bits per heavy atom. The van der Waals surface area contributed by atoms with Crippen molar-refractivity contribution in [2.45, 2.75) is 6.42 Å². The van der Waals surface area contributed by atoms with Crippen molar-refractivity contribution in [2.24, 2.45) is 0 Å². The second-order valence-electron chi connectivity index (χ2n) is 3.37. The Hall–Kier alpha value is -1.56. The zero-order valence-corrected chi connectivity index (χ0v) is 10.5. The summed E-state index contributed by atoms with van der Waals surface area (Å²) >= 11 is 3.26. The molecule has 2 heterocycles. The Labute approximate surface area is 106 Å². The minimum absolute atomic E-state index is 0.321. The molecule has 0 saturated carbocycles. The third-order valence-corrected chi connectivity index (χ3v) is 2.48. The molecule has 0 unspecified atom stereocenters. The first kappa shape index (κ1) is 11.9. The molecule has 0 aromatic carbocycles. The van der Waals surface area contributed by atoms with Gasteiger partial charge in [-0.05, 0) is 28.1 Å². The lowest BCUT2D eigenvalue weighted by atomic mass is 10.3. The van der Waals surface area contributed by atoms with Crippen LogP contribution in [0.2, 0.25) is 0 Å². The van der Waals surface area contributed by atoms with Crippen LogP contribution in [0.3, 0.4) is 0 Å². The maximum Gasteiger partial charge on any atom is 0.222 e. The number of nitrogens with zero attached hydrogens (tertiary/aromatic N) is 3. The van der Waals surface area contributed by atoms with Crippen LogP contribution < -0.4 is 5.32 Å². The molecule has 88 valence electrons. The van der Waals surface area contributed by atoms with E-state index in [1.165, 1.54) is 12.3 Å². The molecular formula is C11H10BrFN4. The van der Waals surface area contributed by atoms with Crippen LogP contribution in [0.1, 0.15) is 5.69 Å². The van der Waals surface area contributed by atoms with E-state index < -0.39 is 0 Å². The number of rotatable bonds is 4. The standard InChI is InChI=1S/C11H10BrFN4/c12-8-5-16-11(17-6-8)14-4-3-10-2-1-9(13)7-15-10/h1-2,5-7H,3-4H2,(H,14,16,17). The molecule has 0 aliphatic rings. The maximum absolute atomic E-state index is 12.6. The third-order valence-electron chi connectivity index (χ3n) is 2.07. The van der Waals surface area contributed by atoms with Gasteiger partial charge in [0.15, 0.2) is 0 Å². The van der Waals surface area contributed by atoms with Crippen LogP contribution in [0.5, 0.6) is 0 Å². The highest BCUT2D eigenvalue weighted by Crippen LogP contribution is 2.06. The largest absolute Gasteiger partial charge is 0.354 e. The van der Waals surface area contributed by atoms with Gasteiger partial charge in [-0.3, -0.25) is 4.98 Å². The van der Waals surface area contributed by atoms with Gasteiger partial charge in [0, 0.05) is 31.1 Å². The molecule has 0 aliphatic carbocycles. The van der Waals surface area contributed by atoms with Gasteiger partial charge in [0.05, 0.1) is 10.7 Å². The maximum atomic E-state index is 12.6. The average molecular weight is 297 g/mol. The van der Waals surface area contributed by atoms with Crippen LogP contribution in [0.15, 0.2) is 35.2 Å². The first-order valence-corrected chi connectivity index (χ1v) is 5.85. The van der Waals surface area contributed by atoms with E-state index in [-0.39, 0.29) is 5.82 Å². The lowest BCUT2D eigenvalue weighted by Gasteiger charge is -2.03. The normalized spacial score (nSPS) is 10.2. The van der Waals surface area contributed by atoms with E-state index in [4.69, 9.17) is 0 Å². The van der Waals surface area contributed by atoms with Crippen LogP contribution in [0, 0.1) is 5.82 Å². The summed E-state index contributed by atoms with van der Waals surface area (Å²) in [5.41, 5.74) is 0.830. The monoisotopic (exact) mass is 296 g/mol. The molecule has 0 saturated heterocycles. The fourth-order valence-electron chi connectivity index (χ4n) is 1.26. The molecule has 4 nitrogen and oxygen atoms in total. The van der Waals surface area contributed by atoms with Gasteiger partial charge in [0.25, 0.3) is 0 Å². The van der Waals surface area contributed by atoms with Gasteiger partial charge in [0.1, 0.15) is 5.82 Å². The van der Waals surface area contributed by atoms with Crippen molar-refractivity contribution in [1.82, 2.24) is 15.0 Å². The van der Waals surface area contributed by atoms with Crippen LogP contribution in [0.25, 0.3) is 0 Å². The summed E-state index contributed by atoms with van der Waals surface area (Å²) < 4.78 is 13.4. The van der Waals surface area contributed by atoms with Crippen molar-refractivity contribution in [3.05, 3.63) is 46.7 Å². The fraction of sp³-hybridized carbons (Fsp3) is 0.182. The topological polar surface area (TPSA) is 50.7 Å². The zero-order valence-electron chi connectivity index (χ0n) is 8.90. The quantitative estimate of drug-likeness (QED) is 0.941. The first-order chi connectivity index (χ1) is 8.24. The molecule has 0 atom stereocenters. The van der Waals surface area contributed by atoms with E-state index in [1.54, 1.807) is 18.5 Å². The minimum Gasteiger partial charge on any atom is -0.354 e. The van der Waals surface area contributed by atoms with E-state index in [2.05, 4.69) is 36.2 Å². The summed E-state index contributed by atoms with van der Waals surface area (Å²) in [5.74, 6) is 0.244. The lowest BCUT2D eigenvalue weighted by molar-refractivity contribution is 0.619. The van der Waals surface area contributed by atoms with Gasteiger partial charge < -0.3 is 5.32 Å². The Balaban J connectivity index is 1.83. The number of nitrogens with one attached hydrogen (secondary N) is 1. The summed E-state index contributed by atoms with van der Waals surface area (Å²) in [4.78, 5) is 12.1. The summed E-state index contributed by atoms with van der Waals surface area (Å²) in [5, 5.41) is 3.06. The molecule has 6 heteroatoms. The van der Waals surface area contributed by atoms with Gasteiger partial charge >= 0.3 is 0 Å². The summed E-state index contributed by atoms with van der Waals surface area (Å²) in [7, 11) is 0. The van der Waals surface area contributed by atoms with E-state index in [9.17, 15) is 4.39 Å². The van der Waals surface area contributed by atoms with Crippen molar-refractivity contribution in [1.29, 1.82) is 0 Å². The Kier molecular flexibility index (Phi) is 3.98. The molecule has 0 fully saturated rings. The van der Waals surface area contributed by atoms with E-state index >= 15 is 0 Å². The van der Waals surface area contributed by atoms with E-state index in [0.717, 1.165) is 10.2 Å². The smallest absolute Gasteiger partial charge is 0.222 e. The molecule has 0 amide bonds. The number of anilines is 1. The van der Waals surface area contributed by atoms with Crippen LogP contribution in [0.4, 0.5) is 10.3 Å². The van der Waals surface area contributed by atoms with E-state index in [1.807, 2.05) is 0 Å². The van der Waals surface area contributed by atoms with Gasteiger partial charge in [-0.25, -0.2) is 14.4 Å². The van der Waals surface area contributed by atoms with Crippen molar-refractivity contribution in [3.63, 3.8) is 0 Å². The van der Waals surface area contributed by atoms with Crippen molar-refractivity contribution >= 4 is 21.9 Å². The predicted molar refractivity (Wildman–Crippen MR) is 66.1 cm³/mol. The van der Waals surface area contributed by atoms with Crippen molar-refractivity contribution in [2.75, 3.05) is 11.9 Å². The number of aromatic nitrogens is 3. The predicted octanol–water partition coefficient (Wildman–Crippen LogP) is 2.43. The van der Waals surface area contributed by atoms with Gasteiger partial charge in [-0.2, -0.15) is 0 Å². The molecule has 2 rings (SSSR count). The lowest BCUT2D eigenvalue weighted by Crippen LogP contribution is -2.08. The molecule has 0 spiro atoms. The summed E-state index contributed by atoms with van der Waals surface area (Å²) in [6.45, 7) is 0.653. The number of hydrogen-bond acceptors (Lipinski definition) is 4. The molecule has 0 aliphatic heterocycles. The minimum atomic E-state index is -0.321. The fourth-order valence-corrected chi connectivity index (χ4v) is 1.47. The molecule has 2 aromatic heterocycles. The van der Waals surface area contributed by atoms with Crippen molar-refractivity contribution in [3.8, 4) is 0 Å². The van der Waals surface area contributed by atoms with Crippen LogP contribution in [-0.2, 0) is 6.42 Å². The highest BCUT2D eigenvalue weighted by atomic mass is 79.9. The second kappa shape index (κ2) is 5.67. The zero-order chi connectivity index (χ0) is 12.1. The van der Waals surface area contributed by atoms with Gasteiger partial charge in [0.2, 0.25) is 5.95 Å². The van der Waals surface area contributed by atoms with Crippen LogP contribution in [-0.4, -0.2) is 21.5 Å². The number of halogens is 2. The van der Waals surface area contributed by atoms with Crippen LogP contribution >= 0.6 is 15.9 Å². The number of pyridine rings is 1. The van der Waals surface area contributed by atoms with Gasteiger partial charge in [-0.1, -0.05) is 0 Å². The first-order valence-electron chi connectivity index (χ1n) is 5.06. The highest BCUT2D eigenvalue weighted by Gasteiger charge is 1.98. The third kappa shape index (κ3) is 3.74. The molecule has 17 heavy (non-hydrogen) atoms. The molecular weight excluding hydrogens is 287 g/mol. The summed E-state index contributed by atoms with van der Waals surface area (Å²) in [6.07, 6.45) is 5.25. The molecule has 0 radical (unpaired) electrons. The Morgan fingerprint density at radius 3 is 2.53 bits per heavy atom. The molecule has 0 bridgehead atoms. The number of hydrogen-bond donors (Lipinski definition) is 1. The van der Waals surface area contributed by atoms with E-state index in [0.29, 0.717) is 18.9 Å². The molecule has 2 aromatic rings. The second-order valence-corrected chi connectivity index (χ2v) is 4.29. The average Bonchev–Trinajstić information content (AvgIpc) is 2.34. The highest BCUT2D eigenvalue weighted by molar-refractivity contribution is 9.10. The molecule has 1 N–H and O–H groups in total. The van der Waals surface area contributed by atoms with Crippen molar-refractivity contribution < 1.29 is 4.39 Å². The Morgan fingerprint density at radius 2 is 1.88 bits per heavy atom. The summed E-state index contributed by atoms with van der Waals surface area (Å²) in [6, 6.07) is 3.07.